The Morgan fingerprint density at radius 1 is 1.77 bits per heavy atom. The average Bonchev–Trinajstić information content (AvgIpc) is 2.46. The van der Waals surface area contributed by atoms with Crippen LogP contribution in [-0.2, 0) is 0 Å². The molecule has 0 saturated heterocycles. The smallest absolute Gasteiger partial charge is 0.355 e. The van der Waals surface area contributed by atoms with Crippen LogP contribution >= 0.6 is 31.9 Å². The topological polar surface area (TPSA) is 71.8 Å². The molecule has 0 spiro atoms. The van der Waals surface area contributed by atoms with E-state index < -0.39 is 4.92 Å². The van der Waals surface area contributed by atoms with Gasteiger partial charge in [-0.25, -0.2) is 4.98 Å². The molecule has 1 aromatic heterocycles. The van der Waals surface area contributed by atoms with Crippen LogP contribution in [0.2, 0.25) is 0 Å². The standard InChI is InChI=1S/C6H7Br2N3O2/c1-3(2-7)5-9-4(8)6(10-5)11(12)13/h3H,2H2,1H3,(H,9,10). The summed E-state index contributed by atoms with van der Waals surface area (Å²) in [6.45, 7) is 1.92. The summed E-state index contributed by atoms with van der Waals surface area (Å²) in [6.07, 6.45) is 0. The van der Waals surface area contributed by atoms with E-state index in [0.717, 1.165) is 0 Å². The van der Waals surface area contributed by atoms with Gasteiger partial charge in [-0.3, -0.25) is 0 Å². The quantitative estimate of drug-likeness (QED) is 0.529. The van der Waals surface area contributed by atoms with Crippen LogP contribution in [0, 0.1) is 10.1 Å². The van der Waals surface area contributed by atoms with Gasteiger partial charge in [0.25, 0.3) is 0 Å². The molecule has 0 saturated carbocycles. The molecule has 0 bridgehead atoms. The molecule has 72 valence electrons. The lowest BCUT2D eigenvalue weighted by Crippen LogP contribution is -1.97. The first-order valence-corrected chi connectivity index (χ1v) is 5.43. The third-order valence-corrected chi connectivity index (χ3v) is 3.07. The van der Waals surface area contributed by atoms with E-state index in [-0.39, 0.29) is 16.3 Å². The van der Waals surface area contributed by atoms with E-state index in [1.807, 2.05) is 6.92 Å². The van der Waals surface area contributed by atoms with Crippen molar-refractivity contribution in [1.29, 1.82) is 0 Å². The predicted octanol–water partition coefficient (Wildman–Crippen LogP) is 2.58. The molecule has 0 aliphatic rings. The minimum atomic E-state index is -0.498. The average molecular weight is 313 g/mol. The summed E-state index contributed by atoms with van der Waals surface area (Å²) < 4.78 is 0.250. The molecule has 0 aromatic carbocycles. The monoisotopic (exact) mass is 311 g/mol. The van der Waals surface area contributed by atoms with Crippen molar-refractivity contribution >= 4 is 37.7 Å². The van der Waals surface area contributed by atoms with E-state index in [9.17, 15) is 10.1 Å². The van der Waals surface area contributed by atoms with Crippen molar-refractivity contribution in [3.63, 3.8) is 0 Å². The Kier molecular flexibility index (Phi) is 3.43. The lowest BCUT2D eigenvalue weighted by atomic mass is 10.2. The van der Waals surface area contributed by atoms with Crippen LogP contribution in [-0.4, -0.2) is 20.2 Å². The van der Waals surface area contributed by atoms with Crippen LogP contribution in [0.25, 0.3) is 0 Å². The van der Waals surface area contributed by atoms with Gasteiger partial charge in [0, 0.05) is 11.2 Å². The Bertz CT molecular complexity index is 326. The van der Waals surface area contributed by atoms with Gasteiger partial charge in [-0.2, -0.15) is 4.98 Å². The van der Waals surface area contributed by atoms with Crippen molar-refractivity contribution in [1.82, 2.24) is 9.97 Å². The molecule has 1 N–H and O–H groups in total. The van der Waals surface area contributed by atoms with Crippen molar-refractivity contribution in [3.05, 3.63) is 20.5 Å². The van der Waals surface area contributed by atoms with Crippen LogP contribution < -0.4 is 0 Å². The van der Waals surface area contributed by atoms with Gasteiger partial charge in [0.05, 0.1) is 0 Å². The number of hydrogen-bond acceptors (Lipinski definition) is 3. The number of halogens is 2. The molecule has 1 unspecified atom stereocenters. The summed E-state index contributed by atoms with van der Waals surface area (Å²) in [7, 11) is 0. The molecule has 1 heterocycles. The van der Waals surface area contributed by atoms with Gasteiger partial charge in [-0.15, -0.1) is 0 Å². The van der Waals surface area contributed by atoms with Crippen molar-refractivity contribution < 1.29 is 4.92 Å². The summed E-state index contributed by atoms with van der Waals surface area (Å²) in [4.78, 5) is 16.6. The SMILES string of the molecule is CC(CBr)c1nc(Br)c([N+](=O)[O-])[nH]1. The maximum absolute atomic E-state index is 10.4. The number of imidazole rings is 1. The Labute approximate surface area is 91.3 Å². The number of aromatic nitrogens is 2. The number of nitro groups is 1. The van der Waals surface area contributed by atoms with E-state index in [2.05, 4.69) is 41.8 Å². The highest BCUT2D eigenvalue weighted by Crippen LogP contribution is 2.25. The van der Waals surface area contributed by atoms with Gasteiger partial charge < -0.3 is 10.1 Å². The van der Waals surface area contributed by atoms with Crippen molar-refractivity contribution in [3.8, 4) is 0 Å². The van der Waals surface area contributed by atoms with Crippen LogP contribution in [0.15, 0.2) is 4.60 Å². The van der Waals surface area contributed by atoms with E-state index in [0.29, 0.717) is 11.2 Å². The zero-order chi connectivity index (χ0) is 10.0. The lowest BCUT2D eigenvalue weighted by molar-refractivity contribution is -0.390. The molecule has 0 aliphatic carbocycles. The van der Waals surface area contributed by atoms with E-state index >= 15 is 0 Å². The Hall–Kier alpha value is -0.430. The fourth-order valence-electron chi connectivity index (χ4n) is 0.787. The summed E-state index contributed by atoms with van der Waals surface area (Å²) in [5.41, 5.74) is 0. The van der Waals surface area contributed by atoms with Gasteiger partial charge in [0.2, 0.25) is 4.60 Å². The van der Waals surface area contributed by atoms with Gasteiger partial charge >= 0.3 is 5.82 Å². The summed E-state index contributed by atoms with van der Waals surface area (Å²) >= 11 is 6.29. The minimum absolute atomic E-state index is 0.0946. The first kappa shape index (κ1) is 10.6. The fraction of sp³-hybridized carbons (Fsp3) is 0.500. The second-order valence-corrected chi connectivity index (χ2v) is 3.97. The molecule has 1 rings (SSSR count). The zero-order valence-corrected chi connectivity index (χ0v) is 9.92. The molecule has 0 fully saturated rings. The van der Waals surface area contributed by atoms with E-state index in [4.69, 9.17) is 0 Å². The van der Waals surface area contributed by atoms with Crippen LogP contribution in [0.4, 0.5) is 5.82 Å². The Morgan fingerprint density at radius 2 is 2.38 bits per heavy atom. The Morgan fingerprint density at radius 3 is 2.77 bits per heavy atom. The molecule has 0 aliphatic heterocycles. The largest absolute Gasteiger partial charge is 0.358 e. The van der Waals surface area contributed by atoms with Gasteiger partial charge in [0.1, 0.15) is 0 Å². The summed E-state index contributed by atoms with van der Waals surface area (Å²) in [6, 6.07) is 0. The van der Waals surface area contributed by atoms with Gasteiger partial charge in [-0.1, -0.05) is 22.9 Å². The van der Waals surface area contributed by atoms with Gasteiger partial charge in [0.15, 0.2) is 5.82 Å². The first-order valence-electron chi connectivity index (χ1n) is 3.52. The second-order valence-electron chi connectivity index (χ2n) is 2.57. The second kappa shape index (κ2) is 4.19. The number of nitrogens with zero attached hydrogens (tertiary/aromatic N) is 2. The molecule has 1 aromatic rings. The maximum Gasteiger partial charge on any atom is 0.355 e. The predicted molar refractivity (Wildman–Crippen MR) is 55.2 cm³/mol. The van der Waals surface area contributed by atoms with Crippen LogP contribution in [0.5, 0.6) is 0 Å². The molecule has 13 heavy (non-hydrogen) atoms. The zero-order valence-electron chi connectivity index (χ0n) is 6.75. The van der Waals surface area contributed by atoms with Crippen molar-refractivity contribution in [2.24, 2.45) is 0 Å². The third kappa shape index (κ3) is 2.28. The highest BCUT2D eigenvalue weighted by Gasteiger charge is 2.20. The Balaban J connectivity index is 3.01. The number of aromatic amines is 1. The van der Waals surface area contributed by atoms with Gasteiger partial charge in [-0.05, 0) is 20.9 Å². The van der Waals surface area contributed by atoms with Crippen LogP contribution in [0.3, 0.4) is 0 Å². The third-order valence-electron chi connectivity index (χ3n) is 1.54. The number of nitrogens with one attached hydrogen (secondary N) is 1. The van der Waals surface area contributed by atoms with Crippen molar-refractivity contribution in [2.75, 3.05) is 5.33 Å². The molecular formula is C6H7Br2N3O2. The normalized spacial score (nSPS) is 12.8. The molecule has 0 amide bonds. The number of rotatable bonds is 3. The van der Waals surface area contributed by atoms with E-state index in [1.165, 1.54) is 0 Å². The first-order chi connectivity index (χ1) is 6.06. The highest BCUT2D eigenvalue weighted by atomic mass is 79.9. The lowest BCUT2D eigenvalue weighted by Gasteiger charge is -1.97. The van der Waals surface area contributed by atoms with Crippen LogP contribution in [0.1, 0.15) is 18.7 Å². The number of alkyl halides is 1. The number of hydrogen-bond donors (Lipinski definition) is 1. The van der Waals surface area contributed by atoms with E-state index in [1.54, 1.807) is 0 Å². The molecule has 7 heteroatoms. The number of H-pyrrole nitrogens is 1. The molecule has 0 radical (unpaired) electrons. The summed E-state index contributed by atoms with van der Waals surface area (Å²) in [5, 5.41) is 11.2. The minimum Gasteiger partial charge on any atom is -0.358 e. The van der Waals surface area contributed by atoms with Crippen molar-refractivity contribution in [2.45, 2.75) is 12.8 Å². The molecular weight excluding hydrogens is 306 g/mol. The maximum atomic E-state index is 10.4. The molecule has 5 nitrogen and oxygen atoms in total. The fourth-order valence-corrected chi connectivity index (χ4v) is 1.53. The molecule has 1 atom stereocenters. The summed E-state index contributed by atoms with van der Waals surface area (Å²) in [5.74, 6) is 0.642. The highest BCUT2D eigenvalue weighted by molar-refractivity contribution is 9.10.